The quantitative estimate of drug-likeness (QED) is 0.771. The minimum Gasteiger partial charge on any atom is -0.361 e. The minimum absolute atomic E-state index is 0.0659. The summed E-state index contributed by atoms with van der Waals surface area (Å²) >= 11 is 0. The maximum atomic E-state index is 11.8. The summed E-state index contributed by atoms with van der Waals surface area (Å²) in [7, 11) is 0. The van der Waals surface area contributed by atoms with Crippen molar-refractivity contribution in [2.75, 3.05) is 5.32 Å². The molecule has 0 unspecified atom stereocenters. The monoisotopic (exact) mass is 226 g/mol. The van der Waals surface area contributed by atoms with Crippen LogP contribution >= 0.6 is 0 Å². The van der Waals surface area contributed by atoms with E-state index in [1.807, 2.05) is 44.3 Å². The van der Waals surface area contributed by atoms with Crippen molar-refractivity contribution in [2.45, 2.75) is 19.3 Å². The Morgan fingerprint density at radius 1 is 1.18 bits per heavy atom. The Labute approximate surface area is 99.9 Å². The smallest absolute Gasteiger partial charge is 0.234 e. The third kappa shape index (κ3) is 1.39. The molecular formula is C14H14N2O. The van der Waals surface area contributed by atoms with Crippen LogP contribution in [0.25, 0.3) is 11.3 Å². The molecule has 2 heterocycles. The molecule has 0 bridgehead atoms. The molecule has 17 heavy (non-hydrogen) atoms. The molecule has 0 radical (unpaired) electrons. The molecule has 2 aromatic rings. The van der Waals surface area contributed by atoms with Crippen LogP contribution in [-0.2, 0) is 10.2 Å². The van der Waals surface area contributed by atoms with Gasteiger partial charge in [0, 0.05) is 17.6 Å². The van der Waals surface area contributed by atoms with Gasteiger partial charge >= 0.3 is 0 Å². The minimum atomic E-state index is -0.446. The van der Waals surface area contributed by atoms with Crippen LogP contribution in [0.2, 0.25) is 0 Å². The average molecular weight is 226 g/mol. The van der Waals surface area contributed by atoms with E-state index in [9.17, 15) is 4.79 Å². The van der Waals surface area contributed by atoms with Crippen molar-refractivity contribution in [1.29, 1.82) is 0 Å². The second-order valence-corrected chi connectivity index (χ2v) is 4.92. The summed E-state index contributed by atoms with van der Waals surface area (Å²) in [6.45, 7) is 3.90. The van der Waals surface area contributed by atoms with Gasteiger partial charge in [-0.2, -0.15) is 0 Å². The first kappa shape index (κ1) is 10.1. The van der Waals surface area contributed by atoms with E-state index >= 15 is 0 Å². The lowest BCUT2D eigenvalue weighted by atomic mass is 9.85. The van der Waals surface area contributed by atoms with Gasteiger partial charge in [-0.1, -0.05) is 6.07 Å². The number of fused-ring (bicyclic) bond motifs is 1. The standard InChI is InChI=1S/C14H14N2O/c1-14(2)10-8-9(11-4-3-7-15-11)5-6-12(10)16-13(14)17/h3-8,15H,1-2H3,(H,16,17). The van der Waals surface area contributed by atoms with E-state index in [4.69, 9.17) is 0 Å². The summed E-state index contributed by atoms with van der Waals surface area (Å²) in [5, 5.41) is 2.91. The SMILES string of the molecule is CC1(C)C(=O)Nc2ccc(-c3ccc[nH]3)cc21. The lowest BCUT2D eigenvalue weighted by Crippen LogP contribution is -2.26. The number of H-pyrrole nitrogens is 1. The number of benzene rings is 1. The van der Waals surface area contributed by atoms with Gasteiger partial charge in [-0.25, -0.2) is 0 Å². The van der Waals surface area contributed by atoms with Crippen LogP contribution in [-0.4, -0.2) is 10.9 Å². The number of hydrogen-bond acceptors (Lipinski definition) is 1. The van der Waals surface area contributed by atoms with Crippen molar-refractivity contribution >= 4 is 11.6 Å². The molecule has 0 fully saturated rings. The molecule has 3 rings (SSSR count). The number of hydrogen-bond donors (Lipinski definition) is 2. The highest BCUT2D eigenvalue weighted by molar-refractivity contribution is 6.06. The van der Waals surface area contributed by atoms with E-state index < -0.39 is 5.41 Å². The largest absolute Gasteiger partial charge is 0.361 e. The molecule has 0 spiro atoms. The van der Waals surface area contributed by atoms with Gasteiger partial charge in [0.05, 0.1) is 5.41 Å². The van der Waals surface area contributed by atoms with Gasteiger partial charge in [-0.05, 0) is 49.2 Å². The van der Waals surface area contributed by atoms with Crippen molar-refractivity contribution in [3.63, 3.8) is 0 Å². The Hall–Kier alpha value is -2.03. The summed E-state index contributed by atoms with van der Waals surface area (Å²) in [4.78, 5) is 15.0. The van der Waals surface area contributed by atoms with Gasteiger partial charge in [0.1, 0.15) is 0 Å². The first-order chi connectivity index (χ1) is 8.09. The van der Waals surface area contributed by atoms with Gasteiger partial charge in [-0.15, -0.1) is 0 Å². The fraction of sp³-hybridized carbons (Fsp3) is 0.214. The van der Waals surface area contributed by atoms with Crippen LogP contribution in [0.5, 0.6) is 0 Å². The zero-order valence-corrected chi connectivity index (χ0v) is 9.87. The maximum absolute atomic E-state index is 11.8. The Bertz CT molecular complexity index is 582. The number of aromatic amines is 1. The molecule has 86 valence electrons. The Balaban J connectivity index is 2.15. The van der Waals surface area contributed by atoms with Crippen LogP contribution in [0.3, 0.4) is 0 Å². The van der Waals surface area contributed by atoms with E-state index in [-0.39, 0.29) is 5.91 Å². The molecule has 1 amide bonds. The van der Waals surface area contributed by atoms with E-state index in [0.717, 1.165) is 22.5 Å². The molecule has 0 atom stereocenters. The number of anilines is 1. The van der Waals surface area contributed by atoms with Crippen molar-refractivity contribution in [3.05, 3.63) is 42.1 Å². The fourth-order valence-corrected chi connectivity index (χ4v) is 2.25. The van der Waals surface area contributed by atoms with Crippen molar-refractivity contribution in [1.82, 2.24) is 4.98 Å². The molecule has 1 aliphatic heterocycles. The van der Waals surface area contributed by atoms with E-state index in [1.165, 1.54) is 0 Å². The molecule has 0 saturated heterocycles. The first-order valence-corrected chi connectivity index (χ1v) is 5.69. The van der Waals surface area contributed by atoms with E-state index in [2.05, 4.69) is 16.4 Å². The van der Waals surface area contributed by atoms with Crippen LogP contribution in [0, 0.1) is 0 Å². The number of nitrogens with one attached hydrogen (secondary N) is 2. The van der Waals surface area contributed by atoms with Crippen molar-refractivity contribution in [2.24, 2.45) is 0 Å². The molecule has 3 heteroatoms. The second-order valence-electron chi connectivity index (χ2n) is 4.92. The average Bonchev–Trinajstić information content (AvgIpc) is 2.88. The zero-order chi connectivity index (χ0) is 12.0. The van der Waals surface area contributed by atoms with Gasteiger partial charge in [0.15, 0.2) is 0 Å². The molecular weight excluding hydrogens is 212 g/mol. The number of aromatic nitrogens is 1. The Morgan fingerprint density at radius 3 is 2.71 bits per heavy atom. The molecule has 2 N–H and O–H groups in total. The summed E-state index contributed by atoms with van der Waals surface area (Å²) in [6.07, 6.45) is 1.90. The summed E-state index contributed by atoms with van der Waals surface area (Å²) in [5.41, 5.74) is 3.73. The zero-order valence-electron chi connectivity index (χ0n) is 9.87. The van der Waals surface area contributed by atoms with E-state index in [1.54, 1.807) is 0 Å². The van der Waals surface area contributed by atoms with Crippen LogP contribution < -0.4 is 5.32 Å². The van der Waals surface area contributed by atoms with Gasteiger partial charge in [-0.3, -0.25) is 4.79 Å². The third-order valence-electron chi connectivity index (χ3n) is 3.42. The summed E-state index contributed by atoms with van der Waals surface area (Å²) in [6, 6.07) is 10.1. The Kier molecular flexibility index (Phi) is 1.93. The lowest BCUT2D eigenvalue weighted by Gasteiger charge is -2.15. The highest BCUT2D eigenvalue weighted by atomic mass is 16.2. The molecule has 0 aliphatic carbocycles. The number of rotatable bonds is 1. The van der Waals surface area contributed by atoms with Gasteiger partial charge in [0.25, 0.3) is 0 Å². The molecule has 1 aromatic carbocycles. The second kappa shape index (κ2) is 3.23. The van der Waals surface area contributed by atoms with Crippen LogP contribution in [0.15, 0.2) is 36.5 Å². The summed E-state index contributed by atoms with van der Waals surface area (Å²) < 4.78 is 0. The lowest BCUT2D eigenvalue weighted by molar-refractivity contribution is -0.119. The molecule has 1 aliphatic rings. The maximum Gasteiger partial charge on any atom is 0.234 e. The highest BCUT2D eigenvalue weighted by Gasteiger charge is 2.38. The third-order valence-corrected chi connectivity index (χ3v) is 3.42. The van der Waals surface area contributed by atoms with Crippen LogP contribution in [0.1, 0.15) is 19.4 Å². The first-order valence-electron chi connectivity index (χ1n) is 5.69. The van der Waals surface area contributed by atoms with E-state index in [0.29, 0.717) is 0 Å². The number of amides is 1. The normalized spacial score (nSPS) is 16.7. The topological polar surface area (TPSA) is 44.9 Å². The molecule has 0 saturated carbocycles. The molecule has 3 nitrogen and oxygen atoms in total. The highest BCUT2D eigenvalue weighted by Crippen LogP contribution is 2.39. The predicted octanol–water partition coefficient (Wildman–Crippen LogP) is 2.91. The Morgan fingerprint density at radius 2 is 2.00 bits per heavy atom. The van der Waals surface area contributed by atoms with Crippen molar-refractivity contribution in [3.8, 4) is 11.3 Å². The van der Waals surface area contributed by atoms with Gasteiger partial charge in [0.2, 0.25) is 5.91 Å². The molecule has 1 aromatic heterocycles. The number of carbonyl (C=O) groups excluding carboxylic acids is 1. The predicted molar refractivity (Wildman–Crippen MR) is 67.9 cm³/mol. The van der Waals surface area contributed by atoms with Crippen LogP contribution in [0.4, 0.5) is 5.69 Å². The fourth-order valence-electron chi connectivity index (χ4n) is 2.25. The van der Waals surface area contributed by atoms with Gasteiger partial charge < -0.3 is 10.3 Å². The number of carbonyl (C=O) groups is 1. The van der Waals surface area contributed by atoms with Crippen molar-refractivity contribution < 1.29 is 4.79 Å². The summed E-state index contributed by atoms with van der Waals surface area (Å²) in [5.74, 6) is 0.0659.